The molecular formula is C38H49F2N7O3. The lowest BCUT2D eigenvalue weighted by Gasteiger charge is -2.38. The molecule has 2 amide bonds. The SMILES string of the molecule is CCC(F)CCC(C)(C)NC(=O)C1(C(=O)Nc2ccc(Oc3ccnc4cc(C5=CN(C6CCN(C(C)C)CC6)NC5)ncc34)c(F)c2)CC1. The van der Waals surface area contributed by atoms with E-state index in [1.807, 2.05) is 19.9 Å². The molecule has 12 heteroatoms. The van der Waals surface area contributed by atoms with Gasteiger partial charge < -0.3 is 25.3 Å². The molecule has 0 spiro atoms. The van der Waals surface area contributed by atoms with Crippen molar-refractivity contribution < 1.29 is 23.1 Å². The highest BCUT2D eigenvalue weighted by Gasteiger charge is 2.57. The first-order valence-electron chi connectivity index (χ1n) is 17.8. The minimum Gasteiger partial charge on any atom is -0.453 e. The van der Waals surface area contributed by atoms with Crippen LogP contribution in [0.5, 0.6) is 11.5 Å². The van der Waals surface area contributed by atoms with Gasteiger partial charge in [0.2, 0.25) is 11.8 Å². The van der Waals surface area contributed by atoms with Crippen molar-refractivity contribution in [3.63, 3.8) is 0 Å². The maximum atomic E-state index is 15.3. The highest BCUT2D eigenvalue weighted by atomic mass is 19.1. The van der Waals surface area contributed by atoms with Gasteiger partial charge in [-0.05, 0) is 96.9 Å². The Morgan fingerprint density at radius 2 is 1.86 bits per heavy atom. The zero-order valence-corrected chi connectivity index (χ0v) is 29.7. The summed E-state index contributed by atoms with van der Waals surface area (Å²) in [6, 6.07) is 8.74. The van der Waals surface area contributed by atoms with Crippen molar-refractivity contribution in [2.24, 2.45) is 5.41 Å². The van der Waals surface area contributed by atoms with E-state index < -0.39 is 34.8 Å². The average molecular weight is 690 g/mol. The highest BCUT2D eigenvalue weighted by molar-refractivity contribution is 6.13. The lowest BCUT2D eigenvalue weighted by molar-refractivity contribution is -0.135. The third-order valence-corrected chi connectivity index (χ3v) is 10.3. The highest BCUT2D eigenvalue weighted by Crippen LogP contribution is 2.47. The predicted molar refractivity (Wildman–Crippen MR) is 191 cm³/mol. The molecule has 10 nitrogen and oxygen atoms in total. The Balaban J connectivity index is 1.08. The number of fused-ring (bicyclic) bond motifs is 1. The maximum absolute atomic E-state index is 15.3. The Labute approximate surface area is 293 Å². The molecule has 50 heavy (non-hydrogen) atoms. The average Bonchev–Trinajstić information content (AvgIpc) is 3.78. The number of carbonyl (C=O) groups excluding carboxylic acids is 2. The topological polar surface area (TPSA) is 112 Å². The fourth-order valence-corrected chi connectivity index (χ4v) is 6.71. The number of rotatable bonds is 13. The molecule has 0 bridgehead atoms. The number of piperidine rings is 1. The number of anilines is 1. The summed E-state index contributed by atoms with van der Waals surface area (Å²) in [5, 5.41) is 8.49. The predicted octanol–water partition coefficient (Wildman–Crippen LogP) is 6.74. The summed E-state index contributed by atoms with van der Waals surface area (Å²) in [5.41, 5.74) is 4.40. The zero-order valence-electron chi connectivity index (χ0n) is 29.7. The number of alkyl halides is 1. The molecule has 2 fully saturated rings. The molecule has 1 aromatic carbocycles. The minimum absolute atomic E-state index is 0.0275. The molecule has 3 N–H and O–H groups in total. The van der Waals surface area contributed by atoms with Crippen molar-refractivity contribution in [3.8, 4) is 11.5 Å². The van der Waals surface area contributed by atoms with E-state index in [9.17, 15) is 14.0 Å². The summed E-state index contributed by atoms with van der Waals surface area (Å²) < 4.78 is 35.1. The monoisotopic (exact) mass is 689 g/mol. The lowest BCUT2D eigenvalue weighted by Crippen LogP contribution is -2.49. The first kappa shape index (κ1) is 35.7. The first-order chi connectivity index (χ1) is 23.9. The Morgan fingerprint density at radius 3 is 2.54 bits per heavy atom. The van der Waals surface area contributed by atoms with Gasteiger partial charge in [-0.15, -0.1) is 0 Å². The van der Waals surface area contributed by atoms with Crippen LogP contribution in [0.3, 0.4) is 0 Å². The lowest BCUT2D eigenvalue weighted by atomic mass is 9.94. The second-order valence-corrected chi connectivity index (χ2v) is 14.8. The fourth-order valence-electron chi connectivity index (χ4n) is 6.71. The van der Waals surface area contributed by atoms with Crippen LogP contribution in [-0.2, 0) is 9.59 Å². The second kappa shape index (κ2) is 14.6. The van der Waals surface area contributed by atoms with E-state index >= 15 is 4.39 Å². The van der Waals surface area contributed by atoms with E-state index in [1.54, 1.807) is 25.4 Å². The van der Waals surface area contributed by atoms with Gasteiger partial charge in [0.05, 0.1) is 22.8 Å². The number of hydrogen-bond acceptors (Lipinski definition) is 8. The van der Waals surface area contributed by atoms with Gasteiger partial charge in [0.15, 0.2) is 11.6 Å². The number of benzene rings is 1. The molecular weight excluding hydrogens is 640 g/mol. The van der Waals surface area contributed by atoms with Crippen LogP contribution < -0.4 is 20.8 Å². The quantitative estimate of drug-likeness (QED) is 0.169. The maximum Gasteiger partial charge on any atom is 0.240 e. The standard InChI is InChI=1S/C38H49F2N7O3/c1-6-26(39)9-13-37(4,5)45-36(49)38(14-15-38)35(48)44-27-7-8-34(30(40)19-27)50-33-10-16-41-32-20-31(42-22-29(32)33)25-21-43-47(23-25)28-11-17-46(18-12-28)24(2)3/h7-8,10,16,19-20,22-24,26,28,43H,6,9,11-15,17-18,21H2,1-5H3,(H,44,48)(H,45,49). The van der Waals surface area contributed by atoms with Crippen molar-refractivity contribution in [1.29, 1.82) is 0 Å². The molecule has 4 heterocycles. The smallest absolute Gasteiger partial charge is 0.240 e. The van der Waals surface area contributed by atoms with Crippen molar-refractivity contribution in [1.82, 2.24) is 30.6 Å². The van der Waals surface area contributed by atoms with Gasteiger partial charge in [0, 0.05) is 73.2 Å². The summed E-state index contributed by atoms with van der Waals surface area (Å²) in [6.07, 6.45) is 8.72. The molecule has 1 saturated carbocycles. The van der Waals surface area contributed by atoms with Crippen molar-refractivity contribution in [2.45, 2.75) is 103 Å². The van der Waals surface area contributed by atoms with E-state index in [0.717, 1.165) is 37.2 Å². The molecule has 2 aliphatic heterocycles. The molecule has 3 aliphatic rings. The number of halogens is 2. The van der Waals surface area contributed by atoms with Gasteiger partial charge in [-0.1, -0.05) is 6.92 Å². The van der Waals surface area contributed by atoms with Crippen LogP contribution in [0.4, 0.5) is 14.5 Å². The van der Waals surface area contributed by atoms with Crippen LogP contribution in [0.1, 0.15) is 85.3 Å². The van der Waals surface area contributed by atoms with Crippen LogP contribution in [-0.4, -0.2) is 75.1 Å². The number of nitrogens with zero attached hydrogens (tertiary/aromatic N) is 4. The normalized spacial score (nSPS) is 18.6. The molecule has 1 unspecified atom stereocenters. The van der Waals surface area contributed by atoms with E-state index in [2.05, 4.69) is 51.0 Å². The molecule has 1 aliphatic carbocycles. The van der Waals surface area contributed by atoms with Crippen LogP contribution in [0, 0.1) is 11.2 Å². The molecule has 1 atom stereocenters. The Morgan fingerprint density at radius 1 is 1.10 bits per heavy atom. The Kier molecular flexibility index (Phi) is 10.4. The number of likely N-dealkylation sites (tertiary alicyclic amines) is 1. The number of nitrogens with one attached hydrogen (secondary N) is 3. The molecule has 2 aromatic heterocycles. The van der Waals surface area contributed by atoms with Crippen LogP contribution >= 0.6 is 0 Å². The van der Waals surface area contributed by atoms with Crippen LogP contribution in [0.2, 0.25) is 0 Å². The Bertz CT molecular complexity index is 1750. The minimum atomic E-state index is -1.22. The number of hydrogen-bond donors (Lipinski definition) is 3. The number of pyridine rings is 2. The van der Waals surface area contributed by atoms with E-state index in [1.165, 1.54) is 18.2 Å². The van der Waals surface area contributed by atoms with Crippen molar-refractivity contribution in [3.05, 3.63) is 60.4 Å². The van der Waals surface area contributed by atoms with Gasteiger partial charge in [-0.3, -0.25) is 19.6 Å². The summed E-state index contributed by atoms with van der Waals surface area (Å²) in [5.74, 6) is -1.19. The molecule has 3 aromatic rings. The van der Waals surface area contributed by atoms with Gasteiger partial charge in [0.1, 0.15) is 11.2 Å². The molecule has 6 rings (SSSR count). The summed E-state index contributed by atoms with van der Waals surface area (Å²) in [4.78, 5) is 38.1. The number of amides is 2. The van der Waals surface area contributed by atoms with Gasteiger partial charge in [-0.2, -0.15) is 0 Å². The van der Waals surface area contributed by atoms with E-state index in [4.69, 9.17) is 9.72 Å². The Hall–Kier alpha value is -4.16. The number of carbonyl (C=O) groups is 2. The van der Waals surface area contributed by atoms with Crippen LogP contribution in [0.15, 0.2) is 48.9 Å². The first-order valence-corrected chi connectivity index (χ1v) is 17.8. The number of hydrazine groups is 1. The van der Waals surface area contributed by atoms with Gasteiger partial charge in [-0.25, -0.2) is 14.2 Å². The third kappa shape index (κ3) is 7.91. The van der Waals surface area contributed by atoms with Crippen molar-refractivity contribution >= 4 is 34.0 Å². The second-order valence-electron chi connectivity index (χ2n) is 14.8. The molecule has 268 valence electrons. The summed E-state index contributed by atoms with van der Waals surface area (Å²) >= 11 is 0. The van der Waals surface area contributed by atoms with E-state index in [0.29, 0.717) is 67.4 Å². The number of aromatic nitrogens is 2. The summed E-state index contributed by atoms with van der Waals surface area (Å²) in [7, 11) is 0. The van der Waals surface area contributed by atoms with Crippen molar-refractivity contribution in [2.75, 3.05) is 25.0 Å². The van der Waals surface area contributed by atoms with Gasteiger partial charge >= 0.3 is 0 Å². The van der Waals surface area contributed by atoms with Crippen LogP contribution in [0.25, 0.3) is 16.5 Å². The number of ether oxygens (including phenoxy) is 1. The largest absolute Gasteiger partial charge is 0.453 e. The third-order valence-electron chi connectivity index (χ3n) is 10.3. The summed E-state index contributed by atoms with van der Waals surface area (Å²) in [6.45, 7) is 12.8. The van der Waals surface area contributed by atoms with Gasteiger partial charge in [0.25, 0.3) is 0 Å². The zero-order chi connectivity index (χ0) is 35.6. The molecule has 1 saturated heterocycles. The fraction of sp³-hybridized carbons (Fsp3) is 0.526. The van der Waals surface area contributed by atoms with E-state index in [-0.39, 0.29) is 11.4 Å². The molecule has 0 radical (unpaired) electrons.